The molecule has 0 unspecified atom stereocenters. The fourth-order valence-corrected chi connectivity index (χ4v) is 2.14. The molecule has 1 amide bonds. The number of rotatable bonds is 7. The third kappa shape index (κ3) is 4.81. The van der Waals surface area contributed by atoms with Crippen molar-refractivity contribution in [1.82, 2.24) is 15.6 Å². The minimum absolute atomic E-state index is 0.0300. The molecular formula is C15H26N4O. The summed E-state index contributed by atoms with van der Waals surface area (Å²) >= 11 is 0. The van der Waals surface area contributed by atoms with Gasteiger partial charge in [0.15, 0.2) is 0 Å². The topological polar surface area (TPSA) is 57.3 Å². The Morgan fingerprint density at radius 3 is 2.65 bits per heavy atom. The number of amides is 1. The predicted octanol–water partition coefficient (Wildman–Crippen LogP) is 1.46. The van der Waals surface area contributed by atoms with Crippen LogP contribution in [0.2, 0.25) is 0 Å². The van der Waals surface area contributed by atoms with E-state index >= 15 is 0 Å². The normalized spacial score (nSPS) is 10.7. The van der Waals surface area contributed by atoms with Gasteiger partial charge in [0, 0.05) is 25.3 Å². The van der Waals surface area contributed by atoms with Crippen LogP contribution in [0.1, 0.15) is 31.9 Å². The van der Waals surface area contributed by atoms with Gasteiger partial charge in [-0.2, -0.15) is 0 Å². The zero-order valence-electron chi connectivity index (χ0n) is 13.2. The Hall–Kier alpha value is -1.62. The maximum Gasteiger partial charge on any atom is 0.239 e. The van der Waals surface area contributed by atoms with E-state index in [1.165, 1.54) is 0 Å². The number of likely N-dealkylation sites (N-methyl/N-ethyl adjacent to an activating group) is 1. The van der Waals surface area contributed by atoms with E-state index in [4.69, 9.17) is 0 Å². The highest BCUT2D eigenvalue weighted by atomic mass is 16.2. The summed E-state index contributed by atoms with van der Waals surface area (Å²) in [6, 6.07) is 2.27. The largest absolute Gasteiger partial charge is 0.352 e. The van der Waals surface area contributed by atoms with Crippen LogP contribution in [0.3, 0.4) is 0 Å². The fraction of sp³-hybridized carbons (Fsp3) is 0.600. The number of anilines is 1. The lowest BCUT2D eigenvalue weighted by Crippen LogP contribution is -2.40. The van der Waals surface area contributed by atoms with Gasteiger partial charge in [0.05, 0.1) is 6.54 Å². The first-order chi connectivity index (χ1) is 9.47. The highest BCUT2D eigenvalue weighted by Gasteiger charge is 2.14. The first-order valence-corrected chi connectivity index (χ1v) is 7.12. The number of nitrogens with one attached hydrogen (secondary N) is 2. The molecule has 0 aromatic carbocycles. The Morgan fingerprint density at radius 1 is 1.45 bits per heavy atom. The van der Waals surface area contributed by atoms with Crippen molar-refractivity contribution in [1.29, 1.82) is 0 Å². The second-order valence-corrected chi connectivity index (χ2v) is 5.25. The van der Waals surface area contributed by atoms with Crippen molar-refractivity contribution in [3.8, 4) is 0 Å². The van der Waals surface area contributed by atoms with Crippen LogP contribution in [0.5, 0.6) is 0 Å². The number of pyridine rings is 1. The first-order valence-electron chi connectivity index (χ1n) is 7.12. The highest BCUT2D eigenvalue weighted by Crippen LogP contribution is 2.17. The fourth-order valence-electron chi connectivity index (χ4n) is 2.14. The van der Waals surface area contributed by atoms with Crippen LogP contribution in [-0.2, 0) is 11.3 Å². The summed E-state index contributed by atoms with van der Waals surface area (Å²) in [5.74, 6) is 0.911. The molecule has 0 radical (unpaired) electrons. The Kier molecular flexibility index (Phi) is 6.45. The molecule has 1 aromatic heterocycles. The van der Waals surface area contributed by atoms with E-state index < -0.39 is 0 Å². The second-order valence-electron chi connectivity index (χ2n) is 5.25. The molecule has 1 heterocycles. The molecule has 0 spiro atoms. The predicted molar refractivity (Wildman–Crippen MR) is 82.9 cm³/mol. The Labute approximate surface area is 121 Å². The van der Waals surface area contributed by atoms with Gasteiger partial charge in [0.25, 0.3) is 0 Å². The molecule has 0 aliphatic heterocycles. The molecule has 0 bridgehead atoms. The van der Waals surface area contributed by atoms with E-state index in [2.05, 4.69) is 21.7 Å². The van der Waals surface area contributed by atoms with Crippen LogP contribution in [0.4, 0.5) is 5.82 Å². The van der Waals surface area contributed by atoms with Crippen molar-refractivity contribution in [2.24, 2.45) is 0 Å². The highest BCUT2D eigenvalue weighted by molar-refractivity contribution is 5.81. The van der Waals surface area contributed by atoms with Crippen molar-refractivity contribution in [3.63, 3.8) is 0 Å². The van der Waals surface area contributed by atoms with Crippen molar-refractivity contribution < 1.29 is 4.79 Å². The van der Waals surface area contributed by atoms with Crippen molar-refractivity contribution in [3.05, 3.63) is 23.4 Å². The molecule has 1 aromatic rings. The van der Waals surface area contributed by atoms with E-state index in [0.29, 0.717) is 6.54 Å². The minimum Gasteiger partial charge on any atom is -0.352 e. The van der Waals surface area contributed by atoms with Crippen LogP contribution in [0.15, 0.2) is 12.3 Å². The molecule has 0 saturated heterocycles. The van der Waals surface area contributed by atoms with Gasteiger partial charge >= 0.3 is 0 Å². The van der Waals surface area contributed by atoms with E-state index in [1.54, 1.807) is 0 Å². The lowest BCUT2D eigenvalue weighted by molar-refractivity contribution is -0.120. The summed E-state index contributed by atoms with van der Waals surface area (Å²) < 4.78 is 0. The number of carbonyl (C=O) groups excluding carboxylic acids is 1. The molecule has 5 heteroatoms. The van der Waals surface area contributed by atoms with Gasteiger partial charge in [0.1, 0.15) is 5.82 Å². The Morgan fingerprint density at radius 2 is 2.15 bits per heavy atom. The molecule has 0 aliphatic carbocycles. The summed E-state index contributed by atoms with van der Waals surface area (Å²) in [6.45, 7) is 9.89. The van der Waals surface area contributed by atoms with Gasteiger partial charge in [-0.15, -0.1) is 0 Å². The zero-order chi connectivity index (χ0) is 15.1. The lowest BCUT2D eigenvalue weighted by Gasteiger charge is -2.24. The maximum atomic E-state index is 11.9. The van der Waals surface area contributed by atoms with Crippen LogP contribution in [-0.4, -0.2) is 37.1 Å². The smallest absolute Gasteiger partial charge is 0.239 e. The van der Waals surface area contributed by atoms with Crippen LogP contribution in [0.25, 0.3) is 0 Å². The van der Waals surface area contributed by atoms with E-state index in [0.717, 1.165) is 30.0 Å². The molecule has 5 nitrogen and oxygen atoms in total. The number of carbonyl (C=O) groups is 1. The van der Waals surface area contributed by atoms with E-state index in [1.807, 2.05) is 45.8 Å². The number of hydrogen-bond acceptors (Lipinski definition) is 4. The van der Waals surface area contributed by atoms with Gasteiger partial charge in [-0.25, -0.2) is 4.98 Å². The summed E-state index contributed by atoms with van der Waals surface area (Å²) in [4.78, 5) is 18.4. The molecule has 0 atom stereocenters. The zero-order valence-corrected chi connectivity index (χ0v) is 13.2. The molecule has 0 saturated carbocycles. The van der Waals surface area contributed by atoms with Gasteiger partial charge < -0.3 is 15.5 Å². The van der Waals surface area contributed by atoms with Crippen molar-refractivity contribution in [2.75, 3.05) is 25.0 Å². The lowest BCUT2D eigenvalue weighted by atomic mass is 10.2. The summed E-state index contributed by atoms with van der Waals surface area (Å²) in [7, 11) is 1.91. The number of nitrogens with zero attached hydrogens (tertiary/aromatic N) is 2. The van der Waals surface area contributed by atoms with Crippen molar-refractivity contribution >= 4 is 11.7 Å². The average Bonchev–Trinajstić information content (AvgIpc) is 2.36. The summed E-state index contributed by atoms with van der Waals surface area (Å²) in [5.41, 5.74) is 2.24. The summed E-state index contributed by atoms with van der Waals surface area (Å²) in [5, 5.41) is 6.02. The third-order valence-corrected chi connectivity index (χ3v) is 2.95. The third-order valence-electron chi connectivity index (χ3n) is 2.95. The molecular weight excluding hydrogens is 252 g/mol. The van der Waals surface area contributed by atoms with Gasteiger partial charge in [0.2, 0.25) is 5.91 Å². The molecule has 1 rings (SSSR count). The number of aromatic nitrogens is 1. The molecule has 0 fully saturated rings. The van der Waals surface area contributed by atoms with Crippen LogP contribution >= 0.6 is 0 Å². The molecule has 2 N–H and O–H groups in total. The molecule has 20 heavy (non-hydrogen) atoms. The molecule has 0 aliphatic rings. The van der Waals surface area contributed by atoms with E-state index in [-0.39, 0.29) is 11.9 Å². The van der Waals surface area contributed by atoms with Crippen LogP contribution in [0, 0.1) is 6.92 Å². The quantitative estimate of drug-likeness (QED) is 0.793. The van der Waals surface area contributed by atoms with Crippen molar-refractivity contribution in [2.45, 2.75) is 40.3 Å². The first kappa shape index (κ1) is 16.4. The van der Waals surface area contributed by atoms with E-state index in [9.17, 15) is 4.79 Å². The van der Waals surface area contributed by atoms with Gasteiger partial charge in [-0.3, -0.25) is 4.79 Å². The number of aryl methyl sites for hydroxylation is 1. The summed E-state index contributed by atoms with van der Waals surface area (Å²) in [6.07, 6.45) is 1.86. The van der Waals surface area contributed by atoms with Gasteiger partial charge in [-0.1, -0.05) is 0 Å². The SMILES string of the molecule is CCN(CC(=O)NC(C)C)c1ncc(CNC)cc1C. The number of hydrogen-bond donors (Lipinski definition) is 2. The molecule has 112 valence electrons. The van der Waals surface area contributed by atoms with Gasteiger partial charge in [-0.05, 0) is 51.9 Å². The average molecular weight is 278 g/mol. The Balaban J connectivity index is 2.81. The van der Waals surface area contributed by atoms with Crippen LogP contribution < -0.4 is 15.5 Å². The standard InChI is InChI=1S/C15H26N4O/c1-6-19(10-14(20)18-11(2)3)15-12(4)7-13(8-16-5)9-17-15/h7,9,11,16H,6,8,10H2,1-5H3,(H,18,20). The Bertz CT molecular complexity index is 445. The minimum atomic E-state index is 0.0300. The monoisotopic (exact) mass is 278 g/mol. The maximum absolute atomic E-state index is 11.9. The second kappa shape index (κ2) is 7.85.